The van der Waals surface area contributed by atoms with E-state index in [0.29, 0.717) is 22.6 Å². The van der Waals surface area contributed by atoms with Crippen molar-refractivity contribution in [2.24, 2.45) is 5.41 Å². The van der Waals surface area contributed by atoms with Gasteiger partial charge in [-0.15, -0.1) is 0 Å². The Morgan fingerprint density at radius 2 is 1.67 bits per heavy atom. The van der Waals surface area contributed by atoms with Crippen LogP contribution in [0.15, 0.2) is 72.8 Å². The first-order valence-corrected chi connectivity index (χ1v) is 11.4. The van der Waals surface area contributed by atoms with Gasteiger partial charge in [0.1, 0.15) is 11.9 Å². The van der Waals surface area contributed by atoms with Crippen LogP contribution in [0.2, 0.25) is 0 Å². The van der Waals surface area contributed by atoms with Gasteiger partial charge >= 0.3 is 0 Å². The predicted octanol–water partition coefficient (Wildman–Crippen LogP) is 5.13. The number of ether oxygens (including phenoxy) is 2. The number of rotatable bonds is 5. The standard InChI is InChI=1S/C29H22FN3O3/c1-35-23-13-9-20(15-24(23)36-2)26-27(28(34)19-7-11-21(30)12-8-19)33-22-6-4-3-5-18(22)10-14-25(33)29(26,16-31)17-32/h3-15,25-27H,1-2H3. The summed E-state index contributed by atoms with van der Waals surface area (Å²) < 4.78 is 24.5. The van der Waals surface area contributed by atoms with Gasteiger partial charge in [-0.05, 0) is 53.6 Å². The summed E-state index contributed by atoms with van der Waals surface area (Å²) in [6, 6.07) is 21.0. The normalized spacial score (nSPS) is 21.0. The first-order valence-electron chi connectivity index (χ1n) is 11.4. The largest absolute Gasteiger partial charge is 0.493 e. The third kappa shape index (κ3) is 3.32. The highest BCUT2D eigenvalue weighted by Gasteiger charge is 2.63. The van der Waals surface area contributed by atoms with E-state index in [2.05, 4.69) is 12.1 Å². The fourth-order valence-corrected chi connectivity index (χ4v) is 5.44. The Labute approximate surface area is 208 Å². The highest BCUT2D eigenvalue weighted by molar-refractivity contribution is 6.04. The fourth-order valence-electron chi connectivity index (χ4n) is 5.44. The van der Waals surface area contributed by atoms with Crippen LogP contribution in [0, 0.1) is 33.9 Å². The lowest BCUT2D eigenvalue weighted by molar-refractivity contribution is 0.0951. The van der Waals surface area contributed by atoms with Crippen molar-refractivity contribution in [1.29, 1.82) is 10.5 Å². The van der Waals surface area contributed by atoms with Crippen molar-refractivity contribution >= 4 is 17.5 Å². The fraction of sp³-hybridized carbons (Fsp3) is 0.207. The second-order valence-electron chi connectivity index (χ2n) is 8.77. The van der Waals surface area contributed by atoms with Gasteiger partial charge in [-0.25, -0.2) is 4.39 Å². The van der Waals surface area contributed by atoms with Crippen molar-refractivity contribution in [2.75, 3.05) is 19.1 Å². The van der Waals surface area contributed by atoms with Crippen molar-refractivity contribution in [3.05, 3.63) is 95.3 Å². The summed E-state index contributed by atoms with van der Waals surface area (Å²) in [5, 5.41) is 21.0. The molecule has 5 rings (SSSR count). The second kappa shape index (κ2) is 8.87. The van der Waals surface area contributed by atoms with Crippen LogP contribution in [0.3, 0.4) is 0 Å². The molecular weight excluding hydrogens is 457 g/mol. The third-order valence-electron chi connectivity index (χ3n) is 7.08. The zero-order valence-electron chi connectivity index (χ0n) is 19.7. The minimum Gasteiger partial charge on any atom is -0.493 e. The van der Waals surface area contributed by atoms with E-state index in [9.17, 15) is 19.7 Å². The average molecular weight is 480 g/mol. The van der Waals surface area contributed by atoms with Crippen LogP contribution in [0.1, 0.15) is 27.4 Å². The number of benzene rings is 3. The minimum absolute atomic E-state index is 0.296. The van der Waals surface area contributed by atoms with Crippen molar-refractivity contribution < 1.29 is 18.7 Å². The molecule has 2 aliphatic rings. The zero-order valence-corrected chi connectivity index (χ0v) is 19.7. The summed E-state index contributed by atoms with van der Waals surface area (Å²) in [5.41, 5.74) is 0.928. The van der Waals surface area contributed by atoms with Crippen LogP contribution in [0.5, 0.6) is 11.5 Å². The molecule has 1 fully saturated rings. The molecule has 2 aliphatic heterocycles. The Balaban J connectivity index is 1.78. The van der Waals surface area contributed by atoms with Crippen LogP contribution >= 0.6 is 0 Å². The molecule has 36 heavy (non-hydrogen) atoms. The first kappa shape index (κ1) is 23.1. The Morgan fingerprint density at radius 1 is 0.972 bits per heavy atom. The Kier molecular flexibility index (Phi) is 5.70. The SMILES string of the molecule is COc1ccc(C2C(C(=O)c3ccc(F)cc3)N3c4ccccc4C=CC3C2(C#N)C#N)cc1OC. The van der Waals surface area contributed by atoms with E-state index in [1.807, 2.05) is 41.3 Å². The predicted molar refractivity (Wildman–Crippen MR) is 132 cm³/mol. The maximum atomic E-state index is 14.1. The maximum absolute atomic E-state index is 14.1. The van der Waals surface area contributed by atoms with Crippen molar-refractivity contribution in [1.82, 2.24) is 0 Å². The van der Waals surface area contributed by atoms with E-state index in [0.717, 1.165) is 11.3 Å². The number of methoxy groups -OCH3 is 2. The van der Waals surface area contributed by atoms with Gasteiger partial charge in [0, 0.05) is 17.2 Å². The number of fused-ring (bicyclic) bond motifs is 3. The van der Waals surface area contributed by atoms with Gasteiger partial charge in [0.05, 0.1) is 32.4 Å². The molecule has 3 atom stereocenters. The lowest BCUT2D eigenvalue weighted by atomic mass is 9.69. The van der Waals surface area contributed by atoms with Gasteiger partial charge in [-0.1, -0.05) is 36.4 Å². The molecule has 0 amide bonds. The number of carbonyl (C=O) groups is 1. The molecule has 0 aliphatic carbocycles. The number of Topliss-reactive ketones (excluding diaryl/α,β-unsaturated/α-hetero) is 1. The lowest BCUT2D eigenvalue weighted by Gasteiger charge is -2.35. The maximum Gasteiger partial charge on any atom is 0.185 e. The summed E-state index contributed by atoms with van der Waals surface area (Å²) in [5.74, 6) is -0.693. The lowest BCUT2D eigenvalue weighted by Crippen LogP contribution is -2.44. The van der Waals surface area contributed by atoms with Crippen molar-refractivity contribution in [2.45, 2.75) is 18.0 Å². The molecule has 0 N–H and O–H groups in total. The smallest absolute Gasteiger partial charge is 0.185 e. The molecule has 0 spiro atoms. The highest BCUT2D eigenvalue weighted by atomic mass is 19.1. The van der Waals surface area contributed by atoms with Crippen molar-refractivity contribution in [3.8, 4) is 23.6 Å². The molecule has 1 saturated heterocycles. The van der Waals surface area contributed by atoms with E-state index in [-0.39, 0.29) is 5.78 Å². The molecule has 0 saturated carbocycles. The number of hydrogen-bond donors (Lipinski definition) is 0. The van der Waals surface area contributed by atoms with Gasteiger partial charge < -0.3 is 14.4 Å². The number of nitrogens with zero attached hydrogens (tertiary/aromatic N) is 3. The molecule has 7 heteroatoms. The summed E-state index contributed by atoms with van der Waals surface area (Å²) in [4.78, 5) is 16.0. The van der Waals surface area contributed by atoms with Crippen LogP contribution in [0.4, 0.5) is 10.1 Å². The van der Waals surface area contributed by atoms with E-state index in [4.69, 9.17) is 9.47 Å². The van der Waals surface area contributed by atoms with Gasteiger partial charge in [-0.2, -0.15) is 10.5 Å². The minimum atomic E-state index is -1.59. The topological polar surface area (TPSA) is 86.4 Å². The molecule has 3 aromatic rings. The number of halogens is 1. The van der Waals surface area contributed by atoms with E-state index < -0.39 is 29.2 Å². The monoisotopic (exact) mass is 479 g/mol. The zero-order chi connectivity index (χ0) is 25.4. The second-order valence-corrected chi connectivity index (χ2v) is 8.77. The number of para-hydroxylation sites is 1. The Bertz CT molecular complexity index is 1440. The summed E-state index contributed by atoms with van der Waals surface area (Å²) in [6.07, 6.45) is 3.71. The van der Waals surface area contributed by atoms with E-state index >= 15 is 0 Å². The molecule has 6 nitrogen and oxygen atoms in total. The van der Waals surface area contributed by atoms with Gasteiger partial charge in [0.2, 0.25) is 0 Å². The molecule has 0 aromatic heterocycles. The number of nitriles is 2. The highest BCUT2D eigenvalue weighted by Crippen LogP contribution is 2.56. The van der Waals surface area contributed by atoms with Crippen LogP contribution in [-0.4, -0.2) is 32.1 Å². The van der Waals surface area contributed by atoms with Crippen LogP contribution in [-0.2, 0) is 0 Å². The third-order valence-corrected chi connectivity index (χ3v) is 7.08. The van der Waals surface area contributed by atoms with Crippen molar-refractivity contribution in [3.63, 3.8) is 0 Å². The molecule has 3 aromatic carbocycles. The molecule has 0 bridgehead atoms. The van der Waals surface area contributed by atoms with Gasteiger partial charge in [0.25, 0.3) is 0 Å². The first-order chi connectivity index (χ1) is 17.5. The average Bonchev–Trinajstić information content (AvgIpc) is 3.23. The summed E-state index contributed by atoms with van der Waals surface area (Å²) in [6.45, 7) is 0. The van der Waals surface area contributed by atoms with Gasteiger partial charge in [-0.3, -0.25) is 4.79 Å². The van der Waals surface area contributed by atoms with E-state index in [1.54, 1.807) is 18.2 Å². The molecule has 2 heterocycles. The molecule has 3 unspecified atom stereocenters. The number of carbonyl (C=O) groups excluding carboxylic acids is 1. The molecular formula is C29H22FN3O3. The van der Waals surface area contributed by atoms with Gasteiger partial charge in [0.15, 0.2) is 22.7 Å². The summed E-state index contributed by atoms with van der Waals surface area (Å²) in [7, 11) is 3.02. The van der Waals surface area contributed by atoms with Crippen LogP contribution in [0.25, 0.3) is 6.08 Å². The van der Waals surface area contributed by atoms with E-state index in [1.165, 1.54) is 38.5 Å². The van der Waals surface area contributed by atoms with Crippen LogP contribution < -0.4 is 14.4 Å². The Hall–Kier alpha value is -4.62. The molecule has 178 valence electrons. The number of ketones is 1. The Morgan fingerprint density at radius 3 is 2.33 bits per heavy atom. The number of hydrogen-bond acceptors (Lipinski definition) is 6. The molecule has 0 radical (unpaired) electrons. The quantitative estimate of drug-likeness (QED) is 0.472. The number of anilines is 1. The summed E-state index contributed by atoms with van der Waals surface area (Å²) >= 11 is 0.